The van der Waals surface area contributed by atoms with Gasteiger partial charge in [0.25, 0.3) is 0 Å². The fraction of sp³-hybridized carbons (Fsp3) is 0.316. The number of fused-ring (bicyclic) bond motifs is 1. The summed E-state index contributed by atoms with van der Waals surface area (Å²) in [5.41, 5.74) is 1.76. The average Bonchev–Trinajstić information content (AvgIpc) is 3.10. The Morgan fingerprint density at radius 2 is 2.29 bits per heavy atom. The molecule has 0 aliphatic carbocycles. The molecule has 126 valence electrons. The van der Waals surface area contributed by atoms with Crippen molar-refractivity contribution in [2.45, 2.75) is 33.3 Å². The molecule has 1 atom stereocenters. The highest BCUT2D eigenvalue weighted by Crippen LogP contribution is 2.38. The third kappa shape index (κ3) is 3.79. The molecule has 2 aromatic rings. The van der Waals surface area contributed by atoms with Crippen LogP contribution in [0.4, 0.5) is 5.69 Å². The van der Waals surface area contributed by atoms with Gasteiger partial charge in [-0.3, -0.25) is 4.79 Å². The van der Waals surface area contributed by atoms with Gasteiger partial charge in [0.05, 0.1) is 12.3 Å². The predicted octanol–water partition coefficient (Wildman–Crippen LogP) is 4.43. The molecule has 24 heavy (non-hydrogen) atoms. The van der Waals surface area contributed by atoms with E-state index in [1.807, 2.05) is 51.1 Å². The molecule has 0 fully saturated rings. The highest BCUT2D eigenvalue weighted by molar-refractivity contribution is 7.12. The Kier molecular flexibility index (Phi) is 4.90. The minimum atomic E-state index is -0.187. The first-order chi connectivity index (χ1) is 11.5. The van der Waals surface area contributed by atoms with Crippen LogP contribution < -0.4 is 14.8 Å². The van der Waals surface area contributed by atoms with Gasteiger partial charge in [-0.2, -0.15) is 0 Å². The molecule has 1 aromatic carbocycles. The second-order valence-electron chi connectivity index (χ2n) is 5.79. The van der Waals surface area contributed by atoms with E-state index in [1.165, 1.54) is 11.0 Å². The van der Waals surface area contributed by atoms with E-state index in [4.69, 9.17) is 9.47 Å². The van der Waals surface area contributed by atoms with Crippen LogP contribution in [0.15, 0.2) is 30.3 Å². The first-order valence-electron chi connectivity index (χ1n) is 8.07. The number of anilines is 1. The van der Waals surface area contributed by atoms with E-state index in [9.17, 15) is 4.79 Å². The molecule has 0 saturated carbocycles. The smallest absolute Gasteiger partial charge is 0.248 e. The molecule has 1 aromatic heterocycles. The molecular formula is C19H21NO3S. The molecule has 0 spiro atoms. The average molecular weight is 343 g/mol. The summed E-state index contributed by atoms with van der Waals surface area (Å²) in [5, 5.41) is 2.89. The van der Waals surface area contributed by atoms with Gasteiger partial charge < -0.3 is 14.8 Å². The molecule has 1 amide bonds. The number of carbonyl (C=O) groups is 1. The van der Waals surface area contributed by atoms with Crippen molar-refractivity contribution in [1.82, 2.24) is 0 Å². The molecule has 1 aliphatic rings. The Morgan fingerprint density at radius 3 is 3.00 bits per heavy atom. The second kappa shape index (κ2) is 7.09. The molecule has 0 bridgehead atoms. The summed E-state index contributed by atoms with van der Waals surface area (Å²) in [6, 6.07) is 7.85. The topological polar surface area (TPSA) is 47.6 Å². The van der Waals surface area contributed by atoms with Crippen LogP contribution in [0.1, 0.15) is 29.2 Å². The summed E-state index contributed by atoms with van der Waals surface area (Å²) < 4.78 is 11.4. The van der Waals surface area contributed by atoms with Crippen LogP contribution in [0, 0.1) is 6.92 Å². The van der Waals surface area contributed by atoms with Crippen LogP contribution in [0.5, 0.6) is 11.5 Å². The van der Waals surface area contributed by atoms with Gasteiger partial charge in [0.1, 0.15) is 17.6 Å². The summed E-state index contributed by atoms with van der Waals surface area (Å²) in [5.74, 6) is 1.31. The van der Waals surface area contributed by atoms with Crippen LogP contribution in [0.25, 0.3) is 6.08 Å². The highest BCUT2D eigenvalue weighted by Gasteiger charge is 2.22. The molecule has 1 aliphatic heterocycles. The lowest BCUT2D eigenvalue weighted by atomic mass is 10.1. The Balaban J connectivity index is 1.77. The lowest BCUT2D eigenvalue weighted by molar-refractivity contribution is -0.111. The normalized spacial score (nSPS) is 16.0. The van der Waals surface area contributed by atoms with Crippen molar-refractivity contribution in [3.05, 3.63) is 45.7 Å². The van der Waals surface area contributed by atoms with E-state index < -0.39 is 0 Å². The largest absolute Gasteiger partial charge is 0.492 e. The Hall–Kier alpha value is -2.27. The molecule has 3 rings (SSSR count). The second-order valence-corrected chi connectivity index (χ2v) is 7.11. The summed E-state index contributed by atoms with van der Waals surface area (Å²) in [4.78, 5) is 14.5. The fourth-order valence-corrected chi connectivity index (χ4v) is 3.47. The first kappa shape index (κ1) is 16.6. The fourth-order valence-electron chi connectivity index (χ4n) is 2.69. The standard InChI is InChI=1S/C19H21NO3S/c1-4-22-18-10-14-9-12(2)23-17(14)11-16(18)20-19(21)8-7-15-6-5-13(3)24-15/h5-8,10-12H,4,9H2,1-3H3,(H,20,21)/b8-7-. The van der Waals surface area contributed by atoms with Crippen molar-refractivity contribution in [3.63, 3.8) is 0 Å². The number of rotatable bonds is 5. The minimum absolute atomic E-state index is 0.155. The van der Waals surface area contributed by atoms with Crippen molar-refractivity contribution in [1.29, 1.82) is 0 Å². The lowest BCUT2D eigenvalue weighted by Crippen LogP contribution is -2.09. The van der Waals surface area contributed by atoms with Gasteiger partial charge in [-0.15, -0.1) is 11.3 Å². The molecule has 4 nitrogen and oxygen atoms in total. The van der Waals surface area contributed by atoms with E-state index in [-0.39, 0.29) is 12.0 Å². The number of hydrogen-bond donors (Lipinski definition) is 1. The zero-order chi connectivity index (χ0) is 17.1. The number of benzene rings is 1. The van der Waals surface area contributed by atoms with Gasteiger partial charge in [0.2, 0.25) is 5.91 Å². The van der Waals surface area contributed by atoms with Crippen LogP contribution >= 0.6 is 11.3 Å². The number of nitrogens with one attached hydrogen (secondary N) is 1. The molecule has 0 radical (unpaired) electrons. The zero-order valence-corrected chi connectivity index (χ0v) is 14.9. The number of thiophene rings is 1. The monoisotopic (exact) mass is 343 g/mol. The Labute approximate surface area is 146 Å². The first-order valence-corrected chi connectivity index (χ1v) is 8.88. The Bertz CT molecular complexity index is 779. The quantitative estimate of drug-likeness (QED) is 0.817. The third-order valence-electron chi connectivity index (χ3n) is 3.72. The third-order valence-corrected chi connectivity index (χ3v) is 4.68. The SMILES string of the molecule is CCOc1cc2c(cc1NC(=O)/C=C\c1ccc(C)s1)OC(C)C2. The van der Waals surface area contributed by atoms with Gasteiger partial charge in [-0.05, 0) is 45.0 Å². The summed E-state index contributed by atoms with van der Waals surface area (Å²) >= 11 is 1.65. The van der Waals surface area contributed by atoms with Gasteiger partial charge in [0, 0.05) is 33.9 Å². The summed E-state index contributed by atoms with van der Waals surface area (Å²) in [6.07, 6.45) is 4.38. The molecule has 2 heterocycles. The number of ether oxygens (including phenoxy) is 2. The molecular weight excluding hydrogens is 322 g/mol. The number of aryl methyl sites for hydroxylation is 1. The maximum atomic E-state index is 12.2. The summed E-state index contributed by atoms with van der Waals surface area (Å²) in [7, 11) is 0. The molecule has 5 heteroatoms. The van der Waals surface area contributed by atoms with Crippen LogP contribution in [0.3, 0.4) is 0 Å². The van der Waals surface area contributed by atoms with Gasteiger partial charge in [0.15, 0.2) is 0 Å². The number of hydrogen-bond acceptors (Lipinski definition) is 4. The van der Waals surface area contributed by atoms with Crippen molar-refractivity contribution < 1.29 is 14.3 Å². The van der Waals surface area contributed by atoms with Gasteiger partial charge >= 0.3 is 0 Å². The number of carbonyl (C=O) groups excluding carboxylic acids is 1. The van der Waals surface area contributed by atoms with E-state index >= 15 is 0 Å². The highest BCUT2D eigenvalue weighted by atomic mass is 32.1. The van der Waals surface area contributed by atoms with Crippen LogP contribution in [-0.4, -0.2) is 18.6 Å². The van der Waals surface area contributed by atoms with Crippen LogP contribution in [-0.2, 0) is 11.2 Å². The van der Waals surface area contributed by atoms with E-state index in [2.05, 4.69) is 5.32 Å². The van der Waals surface area contributed by atoms with E-state index in [1.54, 1.807) is 11.3 Å². The van der Waals surface area contributed by atoms with Gasteiger partial charge in [-0.25, -0.2) is 0 Å². The van der Waals surface area contributed by atoms with E-state index in [0.29, 0.717) is 18.0 Å². The van der Waals surface area contributed by atoms with Gasteiger partial charge in [-0.1, -0.05) is 0 Å². The van der Waals surface area contributed by atoms with Crippen molar-refractivity contribution in [2.24, 2.45) is 0 Å². The molecule has 0 saturated heterocycles. The van der Waals surface area contributed by atoms with Crippen molar-refractivity contribution >= 4 is 29.0 Å². The maximum absolute atomic E-state index is 12.2. The molecule has 1 N–H and O–H groups in total. The van der Waals surface area contributed by atoms with Crippen LogP contribution in [0.2, 0.25) is 0 Å². The number of amides is 1. The zero-order valence-electron chi connectivity index (χ0n) is 14.1. The van der Waals surface area contributed by atoms with E-state index in [0.717, 1.165) is 22.6 Å². The molecule has 1 unspecified atom stereocenters. The Morgan fingerprint density at radius 1 is 1.46 bits per heavy atom. The minimum Gasteiger partial charge on any atom is -0.492 e. The lowest BCUT2D eigenvalue weighted by Gasteiger charge is -2.12. The summed E-state index contributed by atoms with van der Waals surface area (Å²) in [6.45, 7) is 6.55. The van der Waals surface area contributed by atoms with Crippen molar-refractivity contribution in [2.75, 3.05) is 11.9 Å². The van der Waals surface area contributed by atoms with Crippen molar-refractivity contribution in [3.8, 4) is 11.5 Å². The maximum Gasteiger partial charge on any atom is 0.248 e. The predicted molar refractivity (Wildman–Crippen MR) is 98.1 cm³/mol.